The van der Waals surface area contributed by atoms with Gasteiger partial charge in [0.25, 0.3) is 0 Å². The van der Waals surface area contributed by atoms with E-state index < -0.39 is 42.0 Å². The summed E-state index contributed by atoms with van der Waals surface area (Å²) < 4.78 is 42.2. The lowest BCUT2D eigenvalue weighted by atomic mass is 10.1. The van der Waals surface area contributed by atoms with Gasteiger partial charge in [0.2, 0.25) is 0 Å². The van der Waals surface area contributed by atoms with Crippen LogP contribution in [0.5, 0.6) is 0 Å². The molecule has 0 saturated carbocycles. The molecule has 0 radical (unpaired) electrons. The SMILES string of the molecule is COC(=O)[C@H](CC(F)(F)C(=O)OC(C)(C)C)NC(=O)OCc1ccccc1. The van der Waals surface area contributed by atoms with Crippen LogP contribution in [0.1, 0.15) is 32.8 Å². The monoisotopic (exact) mass is 387 g/mol. The summed E-state index contributed by atoms with van der Waals surface area (Å²) in [6.45, 7) is 4.16. The Morgan fingerprint density at radius 3 is 2.22 bits per heavy atom. The number of benzene rings is 1. The highest BCUT2D eigenvalue weighted by Crippen LogP contribution is 2.25. The third-order valence-electron chi connectivity index (χ3n) is 3.15. The van der Waals surface area contributed by atoms with Crippen molar-refractivity contribution in [1.82, 2.24) is 5.32 Å². The maximum Gasteiger partial charge on any atom is 0.408 e. The van der Waals surface area contributed by atoms with Gasteiger partial charge in [-0.05, 0) is 26.3 Å². The van der Waals surface area contributed by atoms with Gasteiger partial charge in [0.1, 0.15) is 18.2 Å². The maximum absolute atomic E-state index is 14.1. The number of carbonyl (C=O) groups is 3. The summed E-state index contributed by atoms with van der Waals surface area (Å²) >= 11 is 0. The molecule has 0 spiro atoms. The average Bonchev–Trinajstić information content (AvgIpc) is 2.58. The summed E-state index contributed by atoms with van der Waals surface area (Å²) in [7, 11) is 0.970. The van der Waals surface area contributed by atoms with Crippen molar-refractivity contribution >= 4 is 18.0 Å². The fourth-order valence-corrected chi connectivity index (χ4v) is 1.94. The van der Waals surface area contributed by atoms with E-state index in [9.17, 15) is 23.2 Å². The lowest BCUT2D eigenvalue weighted by molar-refractivity contribution is -0.186. The van der Waals surface area contributed by atoms with Crippen molar-refractivity contribution in [2.75, 3.05) is 7.11 Å². The molecule has 0 fully saturated rings. The Hall–Kier alpha value is -2.71. The summed E-state index contributed by atoms with van der Waals surface area (Å²) in [6.07, 6.45) is -2.43. The molecule has 27 heavy (non-hydrogen) atoms. The molecule has 7 nitrogen and oxygen atoms in total. The van der Waals surface area contributed by atoms with E-state index in [1.165, 1.54) is 20.8 Å². The number of carbonyl (C=O) groups excluding carboxylic acids is 3. The Kier molecular flexibility index (Phi) is 7.68. The lowest BCUT2D eigenvalue weighted by Crippen LogP contribution is -2.48. The first kappa shape index (κ1) is 22.3. The highest BCUT2D eigenvalue weighted by molar-refractivity contribution is 5.84. The summed E-state index contributed by atoms with van der Waals surface area (Å²) in [5.74, 6) is -6.96. The zero-order chi connectivity index (χ0) is 20.7. The van der Waals surface area contributed by atoms with Gasteiger partial charge in [-0.25, -0.2) is 14.4 Å². The van der Waals surface area contributed by atoms with E-state index in [4.69, 9.17) is 4.74 Å². The first-order valence-corrected chi connectivity index (χ1v) is 8.11. The number of alkyl halides is 2. The van der Waals surface area contributed by atoms with Crippen LogP contribution in [-0.4, -0.2) is 42.7 Å². The standard InChI is InChI=1S/C18H23F2NO6/c1-17(2,3)27-15(23)18(19,20)10-13(14(22)25-4)21-16(24)26-11-12-8-6-5-7-9-12/h5-9,13H,10-11H2,1-4H3,(H,21,24)/t13-/m0/s1. The van der Waals surface area contributed by atoms with Crippen molar-refractivity contribution in [3.8, 4) is 0 Å². The maximum atomic E-state index is 14.1. The Balaban J connectivity index is 2.73. The molecule has 0 heterocycles. The summed E-state index contributed by atoms with van der Waals surface area (Å²) in [6, 6.07) is 6.84. The molecule has 0 unspecified atom stereocenters. The van der Waals surface area contributed by atoms with Crippen LogP contribution in [0.25, 0.3) is 0 Å². The molecule has 1 atom stereocenters. The van der Waals surface area contributed by atoms with E-state index in [2.05, 4.69) is 9.47 Å². The Morgan fingerprint density at radius 1 is 1.11 bits per heavy atom. The Morgan fingerprint density at radius 2 is 1.70 bits per heavy atom. The molecular formula is C18H23F2NO6. The van der Waals surface area contributed by atoms with E-state index in [1.54, 1.807) is 30.3 Å². The van der Waals surface area contributed by atoms with Crippen LogP contribution in [0.3, 0.4) is 0 Å². The number of ether oxygens (including phenoxy) is 3. The van der Waals surface area contributed by atoms with Crippen molar-refractivity contribution in [3.63, 3.8) is 0 Å². The molecule has 0 bridgehead atoms. The zero-order valence-corrected chi connectivity index (χ0v) is 15.6. The van der Waals surface area contributed by atoms with E-state index >= 15 is 0 Å². The van der Waals surface area contributed by atoms with E-state index in [0.717, 1.165) is 7.11 Å². The highest BCUT2D eigenvalue weighted by Gasteiger charge is 2.46. The molecule has 0 aliphatic rings. The number of alkyl carbamates (subject to hydrolysis) is 1. The van der Waals surface area contributed by atoms with E-state index in [1.807, 2.05) is 5.32 Å². The molecule has 9 heteroatoms. The van der Waals surface area contributed by atoms with Crippen LogP contribution >= 0.6 is 0 Å². The van der Waals surface area contributed by atoms with Gasteiger partial charge in [-0.1, -0.05) is 30.3 Å². The number of nitrogens with one attached hydrogen (secondary N) is 1. The number of hydrogen-bond acceptors (Lipinski definition) is 6. The molecular weight excluding hydrogens is 364 g/mol. The number of halogens is 2. The summed E-state index contributed by atoms with van der Waals surface area (Å²) in [5, 5.41) is 1.99. The fourth-order valence-electron chi connectivity index (χ4n) is 1.94. The van der Waals surface area contributed by atoms with E-state index in [-0.39, 0.29) is 6.61 Å². The summed E-state index contributed by atoms with van der Waals surface area (Å²) in [5.41, 5.74) is -0.468. The van der Waals surface area contributed by atoms with Crippen LogP contribution in [0, 0.1) is 0 Å². The average molecular weight is 387 g/mol. The minimum Gasteiger partial charge on any atom is -0.467 e. The number of amides is 1. The van der Waals surface area contributed by atoms with Crippen LogP contribution in [0.4, 0.5) is 13.6 Å². The fraction of sp³-hybridized carbons (Fsp3) is 0.500. The van der Waals surface area contributed by atoms with Gasteiger partial charge in [-0.15, -0.1) is 0 Å². The molecule has 1 aromatic rings. The molecule has 0 aliphatic heterocycles. The minimum atomic E-state index is -4.02. The second-order valence-electron chi connectivity index (χ2n) is 6.69. The largest absolute Gasteiger partial charge is 0.467 e. The normalized spacial score (nSPS) is 12.7. The number of rotatable bonds is 7. The molecule has 1 aromatic carbocycles. The predicted molar refractivity (Wildman–Crippen MR) is 91.0 cm³/mol. The Labute approximate surface area is 156 Å². The number of esters is 2. The second-order valence-corrected chi connectivity index (χ2v) is 6.69. The topological polar surface area (TPSA) is 90.9 Å². The second kappa shape index (κ2) is 9.29. The Bertz CT molecular complexity index is 658. The first-order chi connectivity index (χ1) is 12.4. The van der Waals surface area contributed by atoms with Crippen molar-refractivity contribution in [2.24, 2.45) is 0 Å². The van der Waals surface area contributed by atoms with Gasteiger partial charge in [0, 0.05) is 0 Å². The van der Waals surface area contributed by atoms with Crippen molar-refractivity contribution in [3.05, 3.63) is 35.9 Å². The van der Waals surface area contributed by atoms with Crippen LogP contribution in [-0.2, 0) is 30.4 Å². The molecule has 1 N–H and O–H groups in total. The molecule has 0 saturated heterocycles. The lowest BCUT2D eigenvalue weighted by Gasteiger charge is -2.25. The van der Waals surface area contributed by atoms with Gasteiger partial charge in [-0.3, -0.25) is 0 Å². The van der Waals surface area contributed by atoms with Gasteiger partial charge >= 0.3 is 24.0 Å². The summed E-state index contributed by atoms with van der Waals surface area (Å²) in [4.78, 5) is 35.2. The van der Waals surface area contributed by atoms with Gasteiger partial charge in [0.05, 0.1) is 13.5 Å². The van der Waals surface area contributed by atoms with Crippen molar-refractivity contribution < 1.29 is 37.4 Å². The van der Waals surface area contributed by atoms with Crippen LogP contribution in [0.15, 0.2) is 30.3 Å². The van der Waals surface area contributed by atoms with Crippen LogP contribution < -0.4 is 5.32 Å². The third kappa shape index (κ3) is 8.02. The molecule has 0 aliphatic carbocycles. The van der Waals surface area contributed by atoms with Crippen molar-refractivity contribution in [2.45, 2.75) is 51.4 Å². The quantitative estimate of drug-likeness (QED) is 0.572. The third-order valence-corrected chi connectivity index (χ3v) is 3.15. The number of methoxy groups -OCH3 is 1. The minimum absolute atomic E-state index is 0.122. The molecule has 0 aromatic heterocycles. The van der Waals surface area contributed by atoms with Gasteiger partial charge in [0.15, 0.2) is 0 Å². The van der Waals surface area contributed by atoms with E-state index in [0.29, 0.717) is 5.56 Å². The first-order valence-electron chi connectivity index (χ1n) is 8.11. The molecule has 150 valence electrons. The molecule has 1 amide bonds. The zero-order valence-electron chi connectivity index (χ0n) is 15.6. The van der Waals surface area contributed by atoms with Crippen LogP contribution in [0.2, 0.25) is 0 Å². The highest BCUT2D eigenvalue weighted by atomic mass is 19.3. The number of hydrogen-bond donors (Lipinski definition) is 1. The van der Waals surface area contributed by atoms with Crippen molar-refractivity contribution in [1.29, 1.82) is 0 Å². The van der Waals surface area contributed by atoms with Gasteiger partial charge in [-0.2, -0.15) is 8.78 Å². The van der Waals surface area contributed by atoms with Gasteiger partial charge < -0.3 is 19.5 Å². The predicted octanol–water partition coefficient (Wildman–Crippen LogP) is 2.82. The molecule has 1 rings (SSSR count). The smallest absolute Gasteiger partial charge is 0.408 e.